The van der Waals surface area contributed by atoms with Crippen molar-refractivity contribution in [1.29, 1.82) is 0 Å². The van der Waals surface area contributed by atoms with Crippen molar-refractivity contribution in [2.75, 3.05) is 0 Å². The van der Waals surface area contributed by atoms with Gasteiger partial charge in [-0.3, -0.25) is 4.79 Å². The van der Waals surface area contributed by atoms with E-state index in [-0.39, 0.29) is 22.4 Å². The van der Waals surface area contributed by atoms with Gasteiger partial charge in [0.25, 0.3) is 5.56 Å². The monoisotopic (exact) mass is 242 g/mol. The minimum Gasteiger partial charge on any atom is -0.493 e. The quantitative estimate of drug-likeness (QED) is 0.848. The maximum atomic E-state index is 12.1. The van der Waals surface area contributed by atoms with Gasteiger partial charge < -0.3 is 10.1 Å². The first-order chi connectivity index (χ1) is 8.60. The van der Waals surface area contributed by atoms with E-state index in [1.807, 2.05) is 25.1 Å². The topological polar surface area (TPSA) is 66.0 Å². The number of rotatable bonds is 2. The highest BCUT2D eigenvalue weighted by Crippen LogP contribution is 2.46. The summed E-state index contributed by atoms with van der Waals surface area (Å²) in [6.07, 6.45) is 2.00. The van der Waals surface area contributed by atoms with E-state index in [4.69, 9.17) is 0 Å². The third-order valence-electron chi connectivity index (χ3n) is 3.53. The van der Waals surface area contributed by atoms with E-state index in [0.717, 1.165) is 12.8 Å². The molecule has 0 unspecified atom stereocenters. The molecule has 18 heavy (non-hydrogen) atoms. The second-order valence-corrected chi connectivity index (χ2v) is 5.04. The van der Waals surface area contributed by atoms with Crippen LogP contribution in [0.3, 0.4) is 0 Å². The molecule has 3 rings (SSSR count). The van der Waals surface area contributed by atoms with Crippen LogP contribution in [0, 0.1) is 0 Å². The zero-order chi connectivity index (χ0) is 12.8. The third-order valence-corrected chi connectivity index (χ3v) is 3.53. The molecule has 0 aliphatic heterocycles. The fourth-order valence-corrected chi connectivity index (χ4v) is 2.04. The Morgan fingerprint density at radius 3 is 2.50 bits per heavy atom. The summed E-state index contributed by atoms with van der Waals surface area (Å²) in [5, 5.41) is 9.99. The molecule has 2 aromatic rings. The van der Waals surface area contributed by atoms with Crippen LogP contribution in [0.1, 0.15) is 25.6 Å². The molecule has 4 nitrogen and oxygen atoms in total. The van der Waals surface area contributed by atoms with Crippen molar-refractivity contribution in [1.82, 2.24) is 9.97 Å². The Labute approximate surface area is 104 Å². The van der Waals surface area contributed by atoms with Gasteiger partial charge >= 0.3 is 0 Å². The molecule has 1 aromatic heterocycles. The molecule has 0 radical (unpaired) electrons. The molecule has 0 saturated heterocycles. The van der Waals surface area contributed by atoms with E-state index in [2.05, 4.69) is 9.97 Å². The van der Waals surface area contributed by atoms with Crippen LogP contribution in [0.25, 0.3) is 11.1 Å². The SMILES string of the molecule is CC1(c2nc(O)c(-c3ccccc3)c(=O)[nH]2)CC1. The molecule has 4 heteroatoms. The standard InChI is InChI=1S/C14H14N2O2/c1-14(7-8-14)13-15-11(17)10(12(18)16-13)9-5-3-2-4-6-9/h2-6H,7-8H2,1H3,(H2,15,16,17,18). The fraction of sp³-hybridized carbons (Fsp3) is 0.286. The lowest BCUT2D eigenvalue weighted by molar-refractivity contribution is 0.446. The number of H-pyrrole nitrogens is 1. The lowest BCUT2D eigenvalue weighted by Gasteiger charge is -2.10. The Bertz CT molecular complexity index is 643. The van der Waals surface area contributed by atoms with Crippen molar-refractivity contribution in [3.63, 3.8) is 0 Å². The van der Waals surface area contributed by atoms with E-state index in [1.165, 1.54) is 0 Å². The zero-order valence-electron chi connectivity index (χ0n) is 10.1. The van der Waals surface area contributed by atoms with Crippen LogP contribution < -0.4 is 5.56 Å². The normalized spacial score (nSPS) is 16.5. The Hall–Kier alpha value is -2.10. The third kappa shape index (κ3) is 1.70. The molecule has 1 aliphatic rings. The smallest absolute Gasteiger partial charge is 0.262 e. The molecular formula is C14H14N2O2. The average Bonchev–Trinajstić information content (AvgIpc) is 3.09. The minimum absolute atomic E-state index is 0.0636. The molecule has 0 spiro atoms. The highest BCUT2D eigenvalue weighted by molar-refractivity contribution is 5.67. The summed E-state index contributed by atoms with van der Waals surface area (Å²) in [5.41, 5.74) is 0.572. The highest BCUT2D eigenvalue weighted by Gasteiger charge is 2.42. The van der Waals surface area contributed by atoms with Crippen molar-refractivity contribution in [3.8, 4) is 17.0 Å². The number of hydrogen-bond donors (Lipinski definition) is 2. The van der Waals surface area contributed by atoms with Crippen LogP contribution in [0.5, 0.6) is 5.88 Å². The van der Waals surface area contributed by atoms with Crippen LogP contribution in [0.2, 0.25) is 0 Å². The maximum absolute atomic E-state index is 12.1. The van der Waals surface area contributed by atoms with Crippen molar-refractivity contribution >= 4 is 0 Å². The number of aromatic nitrogens is 2. The van der Waals surface area contributed by atoms with Crippen LogP contribution in [0.15, 0.2) is 35.1 Å². The van der Waals surface area contributed by atoms with Gasteiger partial charge in [-0.05, 0) is 18.4 Å². The van der Waals surface area contributed by atoms with Crippen molar-refractivity contribution in [3.05, 3.63) is 46.5 Å². The van der Waals surface area contributed by atoms with Crippen molar-refractivity contribution in [2.45, 2.75) is 25.2 Å². The first-order valence-corrected chi connectivity index (χ1v) is 5.99. The molecular weight excluding hydrogens is 228 g/mol. The van der Waals surface area contributed by atoms with Crippen molar-refractivity contribution in [2.24, 2.45) is 0 Å². The molecule has 1 aromatic carbocycles. The summed E-state index contributed by atoms with van der Waals surface area (Å²) < 4.78 is 0. The summed E-state index contributed by atoms with van der Waals surface area (Å²) in [7, 11) is 0. The van der Waals surface area contributed by atoms with E-state index < -0.39 is 0 Å². The molecule has 2 N–H and O–H groups in total. The minimum atomic E-state index is -0.281. The zero-order valence-corrected chi connectivity index (χ0v) is 10.1. The Morgan fingerprint density at radius 2 is 1.94 bits per heavy atom. The van der Waals surface area contributed by atoms with E-state index in [1.54, 1.807) is 12.1 Å². The predicted octanol–water partition coefficient (Wildman–Crippen LogP) is 2.19. The van der Waals surface area contributed by atoms with Gasteiger partial charge in [0, 0.05) is 5.41 Å². The van der Waals surface area contributed by atoms with Gasteiger partial charge in [0.2, 0.25) is 5.88 Å². The van der Waals surface area contributed by atoms with Gasteiger partial charge in [0.1, 0.15) is 11.4 Å². The molecule has 92 valence electrons. The number of nitrogens with zero attached hydrogens (tertiary/aromatic N) is 1. The molecule has 1 fully saturated rings. The first kappa shape index (κ1) is 11.0. The molecule has 0 atom stereocenters. The summed E-state index contributed by atoms with van der Waals surface area (Å²) in [4.78, 5) is 19.0. The Morgan fingerprint density at radius 1 is 1.28 bits per heavy atom. The average molecular weight is 242 g/mol. The van der Waals surface area contributed by atoms with Crippen LogP contribution >= 0.6 is 0 Å². The highest BCUT2D eigenvalue weighted by atomic mass is 16.3. The number of aromatic hydroxyl groups is 1. The summed E-state index contributed by atoms with van der Waals surface area (Å²) in [5.74, 6) is 0.401. The summed E-state index contributed by atoms with van der Waals surface area (Å²) >= 11 is 0. The summed E-state index contributed by atoms with van der Waals surface area (Å²) in [6, 6.07) is 9.07. The molecule has 0 amide bonds. The van der Waals surface area contributed by atoms with Gasteiger partial charge in [-0.2, -0.15) is 4.98 Å². The molecule has 1 aliphatic carbocycles. The second-order valence-electron chi connectivity index (χ2n) is 5.04. The number of nitrogens with one attached hydrogen (secondary N) is 1. The molecule has 1 saturated carbocycles. The largest absolute Gasteiger partial charge is 0.493 e. The van der Waals surface area contributed by atoms with E-state index in [0.29, 0.717) is 11.4 Å². The Balaban J connectivity index is 2.15. The number of aromatic amines is 1. The maximum Gasteiger partial charge on any atom is 0.262 e. The van der Waals surface area contributed by atoms with Gasteiger partial charge in [-0.15, -0.1) is 0 Å². The number of benzene rings is 1. The predicted molar refractivity (Wildman–Crippen MR) is 68.5 cm³/mol. The summed E-state index contributed by atoms with van der Waals surface area (Å²) in [6.45, 7) is 2.03. The lowest BCUT2D eigenvalue weighted by atomic mass is 10.1. The van der Waals surface area contributed by atoms with E-state index in [9.17, 15) is 9.90 Å². The van der Waals surface area contributed by atoms with Crippen LogP contribution in [-0.4, -0.2) is 15.1 Å². The van der Waals surface area contributed by atoms with Crippen LogP contribution in [0.4, 0.5) is 0 Å². The van der Waals surface area contributed by atoms with Crippen molar-refractivity contribution < 1.29 is 5.11 Å². The molecule has 0 bridgehead atoms. The fourth-order valence-electron chi connectivity index (χ4n) is 2.04. The molecule has 1 heterocycles. The van der Waals surface area contributed by atoms with Gasteiger partial charge in [-0.1, -0.05) is 37.3 Å². The van der Waals surface area contributed by atoms with Gasteiger partial charge in [-0.25, -0.2) is 0 Å². The first-order valence-electron chi connectivity index (χ1n) is 5.99. The van der Waals surface area contributed by atoms with Gasteiger partial charge in [0.15, 0.2) is 0 Å². The number of hydrogen-bond acceptors (Lipinski definition) is 3. The lowest BCUT2D eigenvalue weighted by Crippen LogP contribution is -2.18. The van der Waals surface area contributed by atoms with E-state index >= 15 is 0 Å². The Kier molecular flexibility index (Phi) is 2.26. The second kappa shape index (κ2) is 3.70. The van der Waals surface area contributed by atoms with Crippen LogP contribution in [-0.2, 0) is 5.41 Å². The van der Waals surface area contributed by atoms with Gasteiger partial charge in [0.05, 0.1) is 0 Å².